The maximum atomic E-state index is 12.1. The third kappa shape index (κ3) is 7.19. The topological polar surface area (TPSA) is 83.0 Å². The van der Waals surface area contributed by atoms with Gasteiger partial charge in [-0.1, -0.05) is 18.2 Å². The average molecular weight is 368 g/mol. The van der Waals surface area contributed by atoms with Crippen molar-refractivity contribution in [3.8, 4) is 5.75 Å². The van der Waals surface area contributed by atoms with Crippen molar-refractivity contribution in [1.29, 1.82) is 0 Å². The van der Waals surface area contributed by atoms with E-state index in [1.165, 1.54) is 0 Å². The predicted octanol–water partition coefficient (Wildman–Crippen LogP) is 2.65. The van der Waals surface area contributed by atoms with Gasteiger partial charge in [0.25, 0.3) is 5.91 Å². The molecule has 0 spiro atoms. The first kappa shape index (κ1) is 20.0. The zero-order chi connectivity index (χ0) is 19.6. The highest BCUT2D eigenvalue weighted by Crippen LogP contribution is 2.15. The van der Waals surface area contributed by atoms with Crippen LogP contribution in [0.5, 0.6) is 5.75 Å². The van der Waals surface area contributed by atoms with Crippen LogP contribution < -0.4 is 20.4 Å². The second kappa shape index (κ2) is 9.96. The molecule has 0 saturated carbocycles. The fourth-order valence-electron chi connectivity index (χ4n) is 2.18. The van der Waals surface area contributed by atoms with Gasteiger partial charge in [-0.15, -0.1) is 0 Å². The summed E-state index contributed by atoms with van der Waals surface area (Å²) in [4.78, 5) is 25.8. The number of carbonyl (C=O) groups excluding carboxylic acids is 2. The van der Waals surface area contributed by atoms with Crippen molar-refractivity contribution >= 4 is 28.9 Å². The summed E-state index contributed by atoms with van der Waals surface area (Å²) in [5.41, 5.74) is 4.63. The first-order valence-electron chi connectivity index (χ1n) is 8.51. The van der Waals surface area contributed by atoms with Gasteiger partial charge in [0.1, 0.15) is 5.75 Å². The molecule has 2 aromatic carbocycles. The van der Waals surface area contributed by atoms with E-state index in [0.29, 0.717) is 17.1 Å². The summed E-state index contributed by atoms with van der Waals surface area (Å²) in [6.45, 7) is 1.53. The molecule has 0 fully saturated rings. The summed E-state index contributed by atoms with van der Waals surface area (Å²) >= 11 is 0. The third-order valence-electron chi connectivity index (χ3n) is 3.57. The number of ether oxygens (including phenoxy) is 1. The van der Waals surface area contributed by atoms with Crippen LogP contribution in [0.3, 0.4) is 0 Å². The molecule has 27 heavy (non-hydrogen) atoms. The van der Waals surface area contributed by atoms with E-state index in [1.54, 1.807) is 19.1 Å². The molecule has 0 radical (unpaired) electrons. The Morgan fingerprint density at radius 1 is 1.00 bits per heavy atom. The quantitative estimate of drug-likeness (QED) is 0.554. The number of hydrazone groups is 1. The van der Waals surface area contributed by atoms with Crippen LogP contribution in [0.1, 0.15) is 13.3 Å². The number of nitrogens with zero attached hydrogens (tertiary/aromatic N) is 2. The van der Waals surface area contributed by atoms with Crippen molar-refractivity contribution in [1.82, 2.24) is 5.43 Å². The first-order chi connectivity index (χ1) is 12.9. The molecule has 0 saturated heterocycles. The second-order valence-electron chi connectivity index (χ2n) is 6.15. The summed E-state index contributed by atoms with van der Waals surface area (Å²) in [5, 5.41) is 6.72. The fourth-order valence-corrected chi connectivity index (χ4v) is 2.18. The maximum absolute atomic E-state index is 12.1. The SMILES string of the molecule is C/C(CC(=O)Nc1ccc(N(C)C)cc1)=N\NC(=O)COc1ccccc1. The average Bonchev–Trinajstić information content (AvgIpc) is 2.66. The fraction of sp³-hybridized carbons (Fsp3) is 0.250. The van der Waals surface area contributed by atoms with Crippen molar-refractivity contribution in [3.63, 3.8) is 0 Å². The molecule has 0 unspecified atom stereocenters. The summed E-state index contributed by atoms with van der Waals surface area (Å²) in [6, 6.07) is 16.5. The molecular weight excluding hydrogens is 344 g/mol. The van der Waals surface area contributed by atoms with E-state index in [4.69, 9.17) is 4.74 Å². The van der Waals surface area contributed by atoms with Crippen LogP contribution in [0.25, 0.3) is 0 Å². The molecule has 0 bridgehead atoms. The summed E-state index contributed by atoms with van der Waals surface area (Å²) < 4.78 is 5.32. The molecule has 2 aromatic rings. The van der Waals surface area contributed by atoms with Gasteiger partial charge in [-0.2, -0.15) is 5.10 Å². The van der Waals surface area contributed by atoms with Gasteiger partial charge in [0.05, 0.1) is 6.42 Å². The molecule has 7 nitrogen and oxygen atoms in total. The number of nitrogens with one attached hydrogen (secondary N) is 2. The van der Waals surface area contributed by atoms with Crippen LogP contribution in [0.4, 0.5) is 11.4 Å². The van der Waals surface area contributed by atoms with E-state index < -0.39 is 5.91 Å². The molecule has 0 atom stereocenters. The molecule has 142 valence electrons. The Hall–Kier alpha value is -3.35. The Morgan fingerprint density at radius 2 is 1.67 bits per heavy atom. The van der Waals surface area contributed by atoms with E-state index in [2.05, 4.69) is 15.8 Å². The molecule has 2 rings (SSSR count). The lowest BCUT2D eigenvalue weighted by Crippen LogP contribution is -2.26. The Balaban J connectivity index is 1.75. The van der Waals surface area contributed by atoms with Crippen molar-refractivity contribution in [2.75, 3.05) is 30.9 Å². The normalized spacial score (nSPS) is 10.9. The minimum atomic E-state index is -0.391. The van der Waals surface area contributed by atoms with Crippen LogP contribution in [0.2, 0.25) is 0 Å². The van der Waals surface area contributed by atoms with Crippen LogP contribution >= 0.6 is 0 Å². The van der Waals surface area contributed by atoms with Crippen molar-refractivity contribution in [3.05, 3.63) is 54.6 Å². The van der Waals surface area contributed by atoms with Gasteiger partial charge in [0, 0.05) is 31.2 Å². The maximum Gasteiger partial charge on any atom is 0.277 e. The number of amides is 2. The van der Waals surface area contributed by atoms with Gasteiger partial charge in [0.15, 0.2) is 6.61 Å². The number of para-hydroxylation sites is 1. The van der Waals surface area contributed by atoms with Gasteiger partial charge in [-0.3, -0.25) is 9.59 Å². The standard InChI is InChI=1S/C20H24N4O3/c1-15(22-23-20(26)14-27-18-7-5-4-6-8-18)13-19(25)21-16-9-11-17(12-10-16)24(2)3/h4-12H,13-14H2,1-3H3,(H,21,25)(H,23,26)/b22-15+. The van der Waals surface area contributed by atoms with Crippen molar-refractivity contribution in [2.45, 2.75) is 13.3 Å². The van der Waals surface area contributed by atoms with Crippen molar-refractivity contribution < 1.29 is 14.3 Å². The van der Waals surface area contributed by atoms with Gasteiger partial charge in [-0.25, -0.2) is 5.43 Å². The number of hydrogen-bond acceptors (Lipinski definition) is 5. The third-order valence-corrected chi connectivity index (χ3v) is 3.57. The Bertz CT molecular complexity index is 787. The largest absolute Gasteiger partial charge is 0.484 e. The van der Waals surface area contributed by atoms with E-state index in [-0.39, 0.29) is 18.9 Å². The molecule has 2 N–H and O–H groups in total. The number of anilines is 2. The van der Waals surface area contributed by atoms with E-state index in [1.807, 2.05) is 61.5 Å². The molecule has 7 heteroatoms. The highest BCUT2D eigenvalue weighted by atomic mass is 16.5. The van der Waals surface area contributed by atoms with Gasteiger partial charge in [0.2, 0.25) is 5.91 Å². The van der Waals surface area contributed by atoms with E-state index in [0.717, 1.165) is 5.69 Å². The van der Waals surface area contributed by atoms with Crippen molar-refractivity contribution in [2.24, 2.45) is 5.10 Å². The smallest absolute Gasteiger partial charge is 0.277 e. The number of benzene rings is 2. The summed E-state index contributed by atoms with van der Waals surface area (Å²) in [7, 11) is 3.90. The van der Waals surface area contributed by atoms with Crippen LogP contribution in [-0.4, -0.2) is 38.2 Å². The number of rotatable bonds is 8. The van der Waals surface area contributed by atoms with Gasteiger partial charge < -0.3 is 15.0 Å². The molecule has 0 aliphatic carbocycles. The molecular formula is C20H24N4O3. The molecule has 0 aliphatic heterocycles. The lowest BCUT2D eigenvalue weighted by atomic mass is 10.2. The summed E-state index contributed by atoms with van der Waals surface area (Å²) in [5.74, 6) is 0.00883. The molecule has 0 aliphatic rings. The highest BCUT2D eigenvalue weighted by molar-refractivity contribution is 6.05. The Kier molecular flexibility index (Phi) is 7.37. The molecule has 0 aromatic heterocycles. The zero-order valence-electron chi connectivity index (χ0n) is 15.7. The Labute approximate surface area is 159 Å². The second-order valence-corrected chi connectivity index (χ2v) is 6.15. The van der Waals surface area contributed by atoms with Gasteiger partial charge >= 0.3 is 0 Å². The van der Waals surface area contributed by atoms with E-state index >= 15 is 0 Å². The van der Waals surface area contributed by atoms with Crippen LogP contribution in [0, 0.1) is 0 Å². The summed E-state index contributed by atoms with van der Waals surface area (Å²) in [6.07, 6.45) is 0.0786. The van der Waals surface area contributed by atoms with Crippen LogP contribution in [-0.2, 0) is 9.59 Å². The zero-order valence-corrected chi connectivity index (χ0v) is 15.7. The lowest BCUT2D eigenvalue weighted by molar-refractivity contribution is -0.123. The highest BCUT2D eigenvalue weighted by Gasteiger charge is 2.07. The Morgan fingerprint density at radius 3 is 2.30 bits per heavy atom. The minimum absolute atomic E-state index is 0.0786. The monoisotopic (exact) mass is 368 g/mol. The molecule has 0 heterocycles. The van der Waals surface area contributed by atoms with E-state index in [9.17, 15) is 9.59 Å². The van der Waals surface area contributed by atoms with Crippen LogP contribution in [0.15, 0.2) is 59.7 Å². The number of carbonyl (C=O) groups is 2. The molecule has 2 amide bonds. The number of hydrogen-bond donors (Lipinski definition) is 2. The predicted molar refractivity (Wildman–Crippen MR) is 107 cm³/mol. The van der Waals surface area contributed by atoms with Gasteiger partial charge in [-0.05, 0) is 43.3 Å². The lowest BCUT2D eigenvalue weighted by Gasteiger charge is -2.13. The first-order valence-corrected chi connectivity index (χ1v) is 8.51. The minimum Gasteiger partial charge on any atom is -0.484 e.